The molecule has 35 heavy (non-hydrogen) atoms. The Morgan fingerprint density at radius 1 is 1.09 bits per heavy atom. The van der Waals surface area contributed by atoms with Crippen LogP contribution >= 0.6 is 0 Å². The van der Waals surface area contributed by atoms with Crippen molar-refractivity contribution in [3.63, 3.8) is 0 Å². The molecule has 7 nitrogen and oxygen atoms in total. The van der Waals surface area contributed by atoms with Gasteiger partial charge in [-0.2, -0.15) is 13.2 Å². The zero-order chi connectivity index (χ0) is 25.2. The minimum atomic E-state index is -4.40. The second kappa shape index (κ2) is 9.97. The SMILES string of the molecule is CCOC(=O)C1C(=O)NC(N2CCN(c3cccc(C(F)(F)F)c3)CC2)=NC1c1ccc(C)cc1. The van der Waals surface area contributed by atoms with Crippen LogP contribution in [0, 0.1) is 12.8 Å². The van der Waals surface area contributed by atoms with Gasteiger partial charge >= 0.3 is 12.1 Å². The Morgan fingerprint density at radius 2 is 1.74 bits per heavy atom. The molecular formula is C25H27F3N4O3. The molecule has 1 amide bonds. The first-order valence-electron chi connectivity index (χ1n) is 11.5. The number of aliphatic imine (C=N–C) groups is 1. The van der Waals surface area contributed by atoms with Crippen molar-refractivity contribution in [2.45, 2.75) is 26.1 Å². The fourth-order valence-corrected chi connectivity index (χ4v) is 4.28. The molecule has 10 heteroatoms. The summed E-state index contributed by atoms with van der Waals surface area (Å²) in [6, 6.07) is 12.0. The number of nitrogens with zero attached hydrogens (tertiary/aromatic N) is 3. The van der Waals surface area contributed by atoms with Crippen LogP contribution in [0.2, 0.25) is 0 Å². The van der Waals surface area contributed by atoms with Gasteiger partial charge in [-0.25, -0.2) is 4.99 Å². The van der Waals surface area contributed by atoms with Crippen molar-refractivity contribution in [1.29, 1.82) is 0 Å². The number of carbonyl (C=O) groups is 2. The van der Waals surface area contributed by atoms with Gasteiger partial charge in [0.2, 0.25) is 11.9 Å². The minimum absolute atomic E-state index is 0.150. The molecule has 0 spiro atoms. The van der Waals surface area contributed by atoms with Crippen molar-refractivity contribution in [3.05, 3.63) is 65.2 Å². The smallest absolute Gasteiger partial charge is 0.416 e. The van der Waals surface area contributed by atoms with Crippen LogP contribution in [0.3, 0.4) is 0 Å². The predicted molar refractivity (Wildman–Crippen MR) is 125 cm³/mol. The highest BCUT2D eigenvalue weighted by Gasteiger charge is 2.42. The van der Waals surface area contributed by atoms with E-state index in [2.05, 4.69) is 5.32 Å². The summed E-state index contributed by atoms with van der Waals surface area (Å²) in [7, 11) is 0. The number of ether oxygens (including phenoxy) is 1. The number of alkyl halides is 3. The number of hydrogen-bond acceptors (Lipinski definition) is 6. The number of aryl methyl sites for hydroxylation is 1. The molecular weight excluding hydrogens is 461 g/mol. The molecule has 0 aromatic heterocycles. The Balaban J connectivity index is 1.54. The number of benzene rings is 2. The molecule has 2 atom stereocenters. The largest absolute Gasteiger partial charge is 0.465 e. The first-order valence-corrected chi connectivity index (χ1v) is 11.5. The summed E-state index contributed by atoms with van der Waals surface area (Å²) in [5, 5.41) is 2.74. The minimum Gasteiger partial charge on any atom is -0.465 e. The first kappa shape index (κ1) is 24.6. The fraction of sp³-hybridized carbons (Fsp3) is 0.400. The molecule has 2 aromatic carbocycles. The average molecular weight is 489 g/mol. The molecule has 2 aliphatic heterocycles. The maximum Gasteiger partial charge on any atom is 0.416 e. The summed E-state index contributed by atoms with van der Waals surface area (Å²) in [5.41, 5.74) is 1.57. The van der Waals surface area contributed by atoms with Crippen LogP contribution in [0.1, 0.15) is 29.7 Å². The Kier molecular flexibility index (Phi) is 7.00. The molecule has 2 heterocycles. The molecule has 0 aliphatic carbocycles. The van der Waals surface area contributed by atoms with Crippen LogP contribution < -0.4 is 10.2 Å². The Bertz CT molecular complexity index is 1110. The second-order valence-electron chi connectivity index (χ2n) is 8.55. The second-order valence-corrected chi connectivity index (χ2v) is 8.55. The third-order valence-corrected chi connectivity index (χ3v) is 6.17. The summed E-state index contributed by atoms with van der Waals surface area (Å²) in [4.78, 5) is 34.1. The van der Waals surface area contributed by atoms with Gasteiger partial charge in [0.25, 0.3) is 0 Å². The maximum atomic E-state index is 13.1. The van der Waals surface area contributed by atoms with Gasteiger partial charge < -0.3 is 14.5 Å². The topological polar surface area (TPSA) is 74.2 Å². The molecule has 2 aliphatic rings. The molecule has 1 N–H and O–H groups in total. The van der Waals surface area contributed by atoms with Crippen molar-refractivity contribution >= 4 is 23.5 Å². The van der Waals surface area contributed by atoms with Gasteiger partial charge in [0.1, 0.15) is 6.04 Å². The quantitative estimate of drug-likeness (QED) is 0.527. The average Bonchev–Trinajstić information content (AvgIpc) is 2.84. The lowest BCUT2D eigenvalue weighted by molar-refractivity contribution is -0.153. The van der Waals surface area contributed by atoms with Crippen LogP contribution in [0.4, 0.5) is 18.9 Å². The lowest BCUT2D eigenvalue weighted by Gasteiger charge is -2.39. The third kappa shape index (κ3) is 5.41. The Morgan fingerprint density at radius 3 is 2.37 bits per heavy atom. The number of piperazine rings is 1. The number of hydrogen-bond donors (Lipinski definition) is 1. The molecule has 4 rings (SSSR count). The number of rotatable bonds is 4. The van der Waals surface area contributed by atoms with Crippen LogP contribution in [-0.4, -0.2) is 55.5 Å². The molecule has 0 saturated carbocycles. The number of guanidine groups is 1. The zero-order valence-electron chi connectivity index (χ0n) is 19.5. The third-order valence-electron chi connectivity index (χ3n) is 6.17. The van der Waals surface area contributed by atoms with Crippen molar-refractivity contribution in [3.8, 4) is 0 Å². The van der Waals surface area contributed by atoms with E-state index in [9.17, 15) is 22.8 Å². The molecule has 0 radical (unpaired) electrons. The fourth-order valence-electron chi connectivity index (χ4n) is 4.28. The number of anilines is 1. The predicted octanol–water partition coefficient (Wildman–Crippen LogP) is 3.54. The summed E-state index contributed by atoms with van der Waals surface area (Å²) in [6.45, 7) is 5.56. The van der Waals surface area contributed by atoms with Crippen molar-refractivity contribution < 1.29 is 27.5 Å². The van der Waals surface area contributed by atoms with Crippen molar-refractivity contribution in [2.75, 3.05) is 37.7 Å². The van der Waals surface area contributed by atoms with Gasteiger partial charge in [-0.3, -0.25) is 14.9 Å². The van der Waals surface area contributed by atoms with Crippen LogP contribution in [0.5, 0.6) is 0 Å². The number of esters is 1. The van der Waals surface area contributed by atoms with Gasteiger partial charge in [-0.15, -0.1) is 0 Å². The van der Waals surface area contributed by atoms with Crippen LogP contribution in [0.25, 0.3) is 0 Å². The number of halogens is 3. The van der Waals surface area contributed by atoms with Crippen molar-refractivity contribution in [2.24, 2.45) is 10.9 Å². The molecule has 1 saturated heterocycles. The molecule has 1 fully saturated rings. The Hall–Kier alpha value is -3.56. The van der Waals surface area contributed by atoms with Gasteiger partial charge in [0.05, 0.1) is 12.2 Å². The molecule has 0 bridgehead atoms. The van der Waals surface area contributed by atoms with Gasteiger partial charge in [-0.05, 0) is 37.6 Å². The maximum absolute atomic E-state index is 13.1. The highest BCUT2D eigenvalue weighted by Crippen LogP contribution is 2.33. The standard InChI is InChI=1S/C25H27F3N4O3/c1-3-35-23(34)20-21(17-9-7-16(2)8-10-17)29-24(30-22(20)33)32-13-11-31(12-14-32)19-6-4-5-18(15-19)25(26,27)28/h4-10,15,20-21H,3,11-14H2,1-2H3,(H,29,30,33). The number of carbonyl (C=O) groups excluding carboxylic acids is 2. The summed E-state index contributed by atoms with van der Waals surface area (Å²) in [6.07, 6.45) is -4.40. The lowest BCUT2D eigenvalue weighted by Crippen LogP contribution is -2.57. The number of nitrogens with one attached hydrogen (secondary N) is 1. The van der Waals surface area contributed by atoms with E-state index in [0.717, 1.165) is 23.3 Å². The Labute approximate surface area is 201 Å². The summed E-state index contributed by atoms with van der Waals surface area (Å²) in [5.74, 6) is -1.87. The highest BCUT2D eigenvalue weighted by atomic mass is 19.4. The summed E-state index contributed by atoms with van der Waals surface area (Å²) < 4.78 is 44.4. The highest BCUT2D eigenvalue weighted by molar-refractivity contribution is 6.08. The van der Waals surface area contributed by atoms with Crippen LogP contribution in [-0.2, 0) is 20.5 Å². The monoisotopic (exact) mass is 488 g/mol. The lowest BCUT2D eigenvalue weighted by atomic mass is 9.91. The van der Waals surface area contributed by atoms with E-state index in [4.69, 9.17) is 9.73 Å². The number of amides is 1. The van der Waals surface area contributed by atoms with E-state index in [1.165, 1.54) is 6.07 Å². The normalized spacial score (nSPS) is 20.8. The zero-order valence-corrected chi connectivity index (χ0v) is 19.5. The summed E-state index contributed by atoms with van der Waals surface area (Å²) >= 11 is 0. The van der Waals surface area contributed by atoms with Gasteiger partial charge in [0.15, 0.2) is 5.92 Å². The van der Waals surface area contributed by atoms with Crippen LogP contribution in [0.15, 0.2) is 53.5 Å². The van der Waals surface area contributed by atoms with Gasteiger partial charge in [0, 0.05) is 31.9 Å². The first-order chi connectivity index (χ1) is 16.7. The van der Waals surface area contributed by atoms with Gasteiger partial charge in [-0.1, -0.05) is 35.9 Å². The molecule has 2 unspecified atom stereocenters. The van der Waals surface area contributed by atoms with E-state index in [-0.39, 0.29) is 6.61 Å². The van der Waals surface area contributed by atoms with Crippen molar-refractivity contribution in [1.82, 2.24) is 10.2 Å². The van der Waals surface area contributed by atoms with E-state index >= 15 is 0 Å². The van der Waals surface area contributed by atoms with E-state index in [0.29, 0.717) is 37.8 Å². The van der Waals surface area contributed by atoms with E-state index in [1.54, 1.807) is 13.0 Å². The van der Waals surface area contributed by atoms with E-state index in [1.807, 2.05) is 41.0 Å². The molecule has 186 valence electrons. The molecule has 2 aromatic rings. The van der Waals surface area contributed by atoms with E-state index < -0.39 is 35.6 Å².